The Morgan fingerprint density at radius 3 is 2.39 bits per heavy atom. The van der Waals surface area contributed by atoms with Crippen LogP contribution < -0.4 is 0 Å². The molecule has 3 heterocycles. The van der Waals surface area contributed by atoms with Gasteiger partial charge in [0.2, 0.25) is 0 Å². The molecule has 4 rings (SSSR count). The maximum Gasteiger partial charge on any atom is 0.253 e. The van der Waals surface area contributed by atoms with Crippen LogP contribution in [0.1, 0.15) is 36.0 Å². The highest BCUT2D eigenvalue weighted by Crippen LogP contribution is 2.27. The molecule has 0 saturated carbocycles. The van der Waals surface area contributed by atoms with Crippen LogP contribution in [0.4, 0.5) is 0 Å². The third kappa shape index (κ3) is 4.28. The summed E-state index contributed by atoms with van der Waals surface area (Å²) < 4.78 is 1.78. The van der Waals surface area contributed by atoms with Gasteiger partial charge < -0.3 is 14.9 Å². The van der Waals surface area contributed by atoms with E-state index in [1.165, 1.54) is 25.7 Å². The van der Waals surface area contributed by atoms with Crippen LogP contribution in [0.25, 0.3) is 5.69 Å². The molecule has 2 aliphatic rings. The van der Waals surface area contributed by atoms with E-state index < -0.39 is 0 Å². The molecule has 1 aromatic carbocycles. The van der Waals surface area contributed by atoms with E-state index in [2.05, 4.69) is 10.00 Å². The van der Waals surface area contributed by atoms with Gasteiger partial charge in [-0.2, -0.15) is 5.10 Å². The summed E-state index contributed by atoms with van der Waals surface area (Å²) in [4.78, 5) is 17.5. The lowest BCUT2D eigenvalue weighted by atomic mass is 9.96. The molecule has 150 valence electrons. The van der Waals surface area contributed by atoms with Crippen LogP contribution in [0, 0.1) is 11.8 Å². The first-order chi connectivity index (χ1) is 13.7. The first kappa shape index (κ1) is 19.2. The largest absolute Gasteiger partial charge is 0.396 e. The minimum Gasteiger partial charge on any atom is -0.396 e. The topological polar surface area (TPSA) is 61.6 Å². The SMILES string of the molecule is O=C(c1ccc(-n2cccn2)cc1)N1C[C@@H](CO)[C@@H](CN2CCCCCC2)C1. The number of amides is 1. The van der Waals surface area contributed by atoms with Crippen molar-refractivity contribution >= 4 is 5.91 Å². The molecule has 0 spiro atoms. The van der Waals surface area contributed by atoms with Crippen LogP contribution in [0.15, 0.2) is 42.7 Å². The second-order valence-electron chi connectivity index (χ2n) is 8.13. The molecule has 2 fully saturated rings. The average molecular weight is 383 g/mol. The Kier molecular flexibility index (Phi) is 6.07. The van der Waals surface area contributed by atoms with Crippen LogP contribution >= 0.6 is 0 Å². The number of aliphatic hydroxyl groups excluding tert-OH is 1. The lowest BCUT2D eigenvalue weighted by molar-refractivity contribution is 0.0779. The van der Waals surface area contributed by atoms with Crippen molar-refractivity contribution in [3.05, 3.63) is 48.3 Å². The molecular weight excluding hydrogens is 352 g/mol. The summed E-state index contributed by atoms with van der Waals surface area (Å²) in [6.45, 7) is 4.83. The average Bonchev–Trinajstić information content (AvgIpc) is 3.33. The van der Waals surface area contributed by atoms with Crippen molar-refractivity contribution in [2.45, 2.75) is 25.7 Å². The zero-order valence-electron chi connectivity index (χ0n) is 16.4. The van der Waals surface area contributed by atoms with Crippen LogP contribution in [-0.4, -0.2) is 69.9 Å². The smallest absolute Gasteiger partial charge is 0.253 e. The summed E-state index contributed by atoms with van der Waals surface area (Å²) in [5.41, 5.74) is 1.64. The molecule has 0 bridgehead atoms. The van der Waals surface area contributed by atoms with Gasteiger partial charge in [0.25, 0.3) is 5.91 Å². The quantitative estimate of drug-likeness (QED) is 0.863. The number of aromatic nitrogens is 2. The van der Waals surface area contributed by atoms with E-state index in [1.54, 1.807) is 10.9 Å². The number of aliphatic hydroxyl groups is 1. The fraction of sp³-hybridized carbons (Fsp3) is 0.545. The molecule has 0 aliphatic carbocycles. The number of rotatable bonds is 5. The Labute approximate surface area is 166 Å². The maximum absolute atomic E-state index is 13.0. The number of carbonyl (C=O) groups is 1. The predicted octanol–water partition coefficient (Wildman–Crippen LogP) is 2.43. The van der Waals surface area contributed by atoms with E-state index in [0.29, 0.717) is 18.0 Å². The minimum absolute atomic E-state index is 0.0591. The van der Waals surface area contributed by atoms with Gasteiger partial charge in [-0.25, -0.2) is 4.68 Å². The van der Waals surface area contributed by atoms with Gasteiger partial charge in [0.15, 0.2) is 0 Å². The van der Waals surface area contributed by atoms with E-state index >= 15 is 0 Å². The highest BCUT2D eigenvalue weighted by atomic mass is 16.3. The lowest BCUT2D eigenvalue weighted by Crippen LogP contribution is -2.35. The summed E-state index contributed by atoms with van der Waals surface area (Å²) in [6.07, 6.45) is 8.80. The Morgan fingerprint density at radius 2 is 1.75 bits per heavy atom. The Bertz CT molecular complexity index is 751. The predicted molar refractivity (Wildman–Crippen MR) is 108 cm³/mol. The molecule has 1 amide bonds. The number of hydrogen-bond donors (Lipinski definition) is 1. The summed E-state index contributed by atoms with van der Waals surface area (Å²) in [7, 11) is 0. The van der Waals surface area contributed by atoms with E-state index in [9.17, 15) is 9.90 Å². The molecular formula is C22H30N4O2. The van der Waals surface area contributed by atoms with Gasteiger partial charge in [-0.05, 0) is 62.2 Å². The highest BCUT2D eigenvalue weighted by molar-refractivity contribution is 5.94. The van der Waals surface area contributed by atoms with E-state index in [0.717, 1.165) is 31.9 Å². The molecule has 2 aliphatic heterocycles. The third-order valence-corrected chi connectivity index (χ3v) is 6.17. The van der Waals surface area contributed by atoms with Gasteiger partial charge in [-0.15, -0.1) is 0 Å². The van der Waals surface area contributed by atoms with Gasteiger partial charge in [0.1, 0.15) is 0 Å². The Morgan fingerprint density at radius 1 is 1.04 bits per heavy atom. The zero-order valence-corrected chi connectivity index (χ0v) is 16.4. The summed E-state index contributed by atoms with van der Waals surface area (Å²) in [5.74, 6) is 0.592. The van der Waals surface area contributed by atoms with Gasteiger partial charge in [0, 0.05) is 50.1 Å². The van der Waals surface area contributed by atoms with Gasteiger partial charge >= 0.3 is 0 Å². The van der Waals surface area contributed by atoms with Crippen molar-refractivity contribution in [3.8, 4) is 5.69 Å². The maximum atomic E-state index is 13.0. The molecule has 28 heavy (non-hydrogen) atoms. The van der Waals surface area contributed by atoms with Crippen molar-refractivity contribution in [1.82, 2.24) is 19.6 Å². The third-order valence-electron chi connectivity index (χ3n) is 6.17. The fourth-order valence-electron chi connectivity index (χ4n) is 4.53. The minimum atomic E-state index is 0.0591. The van der Waals surface area contributed by atoms with E-state index in [4.69, 9.17) is 0 Å². The second kappa shape index (κ2) is 8.88. The Hall–Kier alpha value is -2.18. The first-order valence-electron chi connectivity index (χ1n) is 10.5. The zero-order chi connectivity index (χ0) is 19.3. The lowest BCUT2D eigenvalue weighted by Gasteiger charge is -2.26. The molecule has 0 unspecified atom stereocenters. The summed E-state index contributed by atoms with van der Waals surface area (Å²) >= 11 is 0. The van der Waals surface area contributed by atoms with Crippen LogP contribution in [0.3, 0.4) is 0 Å². The van der Waals surface area contributed by atoms with Crippen LogP contribution in [0.5, 0.6) is 0 Å². The number of benzene rings is 1. The van der Waals surface area contributed by atoms with Gasteiger partial charge in [-0.1, -0.05) is 12.8 Å². The summed E-state index contributed by atoms with van der Waals surface area (Å²) in [6, 6.07) is 9.47. The molecule has 2 atom stereocenters. The van der Waals surface area contributed by atoms with Gasteiger partial charge in [0.05, 0.1) is 5.69 Å². The normalized spacial score (nSPS) is 23.7. The molecule has 0 radical (unpaired) electrons. The molecule has 2 saturated heterocycles. The first-order valence-corrected chi connectivity index (χ1v) is 10.5. The molecule has 6 heteroatoms. The molecule has 1 N–H and O–H groups in total. The Balaban J connectivity index is 1.40. The van der Waals surface area contributed by atoms with E-state index in [-0.39, 0.29) is 18.4 Å². The van der Waals surface area contributed by atoms with E-state index in [1.807, 2.05) is 41.4 Å². The second-order valence-corrected chi connectivity index (χ2v) is 8.13. The molecule has 2 aromatic rings. The van der Waals surface area contributed by atoms with Crippen molar-refractivity contribution in [3.63, 3.8) is 0 Å². The standard InChI is InChI=1S/C22H30N4O2/c27-17-20-16-25(15-19(20)14-24-11-3-1-2-4-12-24)22(28)18-6-8-21(9-7-18)26-13-5-10-23-26/h5-10,13,19-20,27H,1-4,11-12,14-17H2/t19-,20-/m0/s1. The molecule has 1 aromatic heterocycles. The fourth-order valence-corrected chi connectivity index (χ4v) is 4.53. The van der Waals surface area contributed by atoms with Crippen molar-refractivity contribution in [2.24, 2.45) is 11.8 Å². The van der Waals surface area contributed by atoms with Crippen LogP contribution in [-0.2, 0) is 0 Å². The van der Waals surface area contributed by atoms with Crippen molar-refractivity contribution < 1.29 is 9.90 Å². The van der Waals surface area contributed by atoms with Gasteiger partial charge in [-0.3, -0.25) is 4.79 Å². The number of likely N-dealkylation sites (tertiary alicyclic amines) is 2. The number of carbonyl (C=O) groups excluding carboxylic acids is 1. The number of nitrogens with zero attached hydrogens (tertiary/aromatic N) is 4. The monoisotopic (exact) mass is 382 g/mol. The highest BCUT2D eigenvalue weighted by Gasteiger charge is 2.36. The van der Waals surface area contributed by atoms with Crippen molar-refractivity contribution in [1.29, 1.82) is 0 Å². The van der Waals surface area contributed by atoms with Crippen LogP contribution in [0.2, 0.25) is 0 Å². The van der Waals surface area contributed by atoms with Crippen molar-refractivity contribution in [2.75, 3.05) is 39.3 Å². The molecule has 6 nitrogen and oxygen atoms in total. The summed E-state index contributed by atoms with van der Waals surface area (Å²) in [5, 5.41) is 14.1. The number of hydrogen-bond acceptors (Lipinski definition) is 4.